The zero-order chi connectivity index (χ0) is 24.6. The van der Waals surface area contributed by atoms with Gasteiger partial charge in [0.25, 0.3) is 0 Å². The molecule has 1 aliphatic rings. The van der Waals surface area contributed by atoms with Crippen molar-refractivity contribution in [2.75, 3.05) is 63.7 Å². The van der Waals surface area contributed by atoms with Crippen LogP contribution >= 0.6 is 23.1 Å². The number of halogens is 1. The maximum Gasteiger partial charge on any atom is 0.319 e. The number of rotatable bonds is 9. The molecule has 0 spiro atoms. The Bertz CT molecular complexity index is 1100. The summed E-state index contributed by atoms with van der Waals surface area (Å²) in [5.74, 6) is 2.06. The molecule has 0 atom stereocenters. The van der Waals surface area contributed by atoms with Crippen LogP contribution in [0.4, 0.5) is 15.6 Å². The first-order valence-electron chi connectivity index (χ1n) is 11.3. The number of hydrogen-bond donors (Lipinski definition) is 2. The first-order chi connectivity index (χ1) is 17.0. The summed E-state index contributed by atoms with van der Waals surface area (Å²) in [7, 11) is 3.15. The third kappa shape index (κ3) is 7.20. The molecule has 9 nitrogen and oxygen atoms in total. The number of urea groups is 1. The number of carbonyl (C=O) groups excluding carboxylic acids is 1. The highest BCUT2D eigenvalue weighted by atomic mass is 35.5. The van der Waals surface area contributed by atoms with E-state index in [4.69, 9.17) is 26.1 Å². The Kier molecular flexibility index (Phi) is 8.62. The number of nitrogens with zero attached hydrogens (tertiary/aromatic N) is 4. The van der Waals surface area contributed by atoms with E-state index in [0.29, 0.717) is 30.2 Å². The zero-order valence-electron chi connectivity index (χ0n) is 19.8. The number of carbonyl (C=O) groups is 1. The highest BCUT2D eigenvalue weighted by molar-refractivity contribution is 7.09. The van der Waals surface area contributed by atoms with Crippen LogP contribution in [-0.4, -0.2) is 73.8 Å². The second-order valence-corrected chi connectivity index (χ2v) is 9.27. The van der Waals surface area contributed by atoms with Crippen LogP contribution in [-0.2, 0) is 6.42 Å². The number of amides is 2. The minimum atomic E-state index is -0.263. The maximum atomic E-state index is 12.3. The Morgan fingerprint density at radius 3 is 2.40 bits per heavy atom. The predicted molar refractivity (Wildman–Crippen MR) is 139 cm³/mol. The molecule has 2 N–H and O–H groups in total. The molecular formula is C24H29ClN6O3S. The molecule has 0 radical (unpaired) electrons. The number of benzene rings is 2. The molecule has 35 heavy (non-hydrogen) atoms. The second kappa shape index (κ2) is 12.1. The lowest BCUT2D eigenvalue weighted by Crippen LogP contribution is -2.48. The molecule has 1 fully saturated rings. The van der Waals surface area contributed by atoms with E-state index in [1.54, 1.807) is 32.4 Å². The van der Waals surface area contributed by atoms with Gasteiger partial charge in [0.1, 0.15) is 17.3 Å². The normalized spacial score (nSPS) is 14.0. The number of methoxy groups -OCH3 is 2. The summed E-state index contributed by atoms with van der Waals surface area (Å²) in [6.45, 7) is 4.90. The lowest BCUT2D eigenvalue weighted by molar-refractivity contribution is 0.240. The van der Waals surface area contributed by atoms with E-state index in [1.807, 2.05) is 24.3 Å². The first kappa shape index (κ1) is 25.0. The van der Waals surface area contributed by atoms with E-state index in [2.05, 4.69) is 24.8 Å². The van der Waals surface area contributed by atoms with Crippen molar-refractivity contribution < 1.29 is 14.3 Å². The maximum absolute atomic E-state index is 12.3. The second-order valence-electron chi connectivity index (χ2n) is 8.11. The quantitative estimate of drug-likeness (QED) is 0.447. The van der Waals surface area contributed by atoms with E-state index < -0.39 is 0 Å². The SMILES string of the molecule is COc1cc(NC(=O)NCCN2CCN(c3nc(Cc4ccc(Cl)cc4)ns3)CC2)cc(OC)c1. The topological polar surface area (TPSA) is 91.9 Å². The smallest absolute Gasteiger partial charge is 0.319 e. The van der Waals surface area contributed by atoms with Crippen molar-refractivity contribution in [1.82, 2.24) is 19.6 Å². The monoisotopic (exact) mass is 516 g/mol. The van der Waals surface area contributed by atoms with Crippen molar-refractivity contribution in [2.45, 2.75) is 6.42 Å². The van der Waals surface area contributed by atoms with Gasteiger partial charge in [-0.1, -0.05) is 23.7 Å². The Hall–Kier alpha value is -3.08. The van der Waals surface area contributed by atoms with Gasteiger partial charge in [-0.05, 0) is 17.7 Å². The van der Waals surface area contributed by atoms with Gasteiger partial charge in [-0.3, -0.25) is 4.90 Å². The van der Waals surface area contributed by atoms with Crippen LogP contribution in [0.2, 0.25) is 5.02 Å². The fraction of sp³-hybridized carbons (Fsp3) is 0.375. The zero-order valence-corrected chi connectivity index (χ0v) is 21.4. The molecule has 1 saturated heterocycles. The number of ether oxygens (including phenoxy) is 2. The fourth-order valence-electron chi connectivity index (χ4n) is 3.78. The third-order valence-corrected chi connectivity index (χ3v) is 6.77. The Morgan fingerprint density at radius 1 is 1.06 bits per heavy atom. The van der Waals surface area contributed by atoms with Crippen LogP contribution in [0.3, 0.4) is 0 Å². The van der Waals surface area contributed by atoms with Crippen LogP contribution in [0, 0.1) is 0 Å². The van der Waals surface area contributed by atoms with E-state index >= 15 is 0 Å². The highest BCUT2D eigenvalue weighted by Gasteiger charge is 2.20. The highest BCUT2D eigenvalue weighted by Crippen LogP contribution is 2.25. The lowest BCUT2D eigenvalue weighted by Gasteiger charge is -2.34. The molecule has 3 aromatic rings. The van der Waals surface area contributed by atoms with E-state index in [1.165, 1.54) is 11.5 Å². The summed E-state index contributed by atoms with van der Waals surface area (Å²) in [5.41, 5.74) is 1.76. The molecule has 2 aromatic carbocycles. The number of nitrogens with one attached hydrogen (secondary N) is 2. The molecule has 11 heteroatoms. The Labute approximate surface area is 214 Å². The van der Waals surface area contributed by atoms with E-state index in [9.17, 15) is 4.79 Å². The van der Waals surface area contributed by atoms with Crippen LogP contribution < -0.4 is 25.0 Å². The molecule has 2 amide bonds. The molecule has 0 bridgehead atoms. The summed E-state index contributed by atoms with van der Waals surface area (Å²) < 4.78 is 15.0. The summed E-state index contributed by atoms with van der Waals surface area (Å²) in [6.07, 6.45) is 0.698. The first-order valence-corrected chi connectivity index (χ1v) is 12.5. The average molecular weight is 517 g/mol. The van der Waals surface area contributed by atoms with E-state index in [-0.39, 0.29) is 6.03 Å². The van der Waals surface area contributed by atoms with Crippen LogP contribution in [0.25, 0.3) is 0 Å². The standard InChI is InChI=1S/C24H29ClN6O3S/c1-33-20-14-19(15-21(16-20)34-2)27-23(32)26-7-8-30-9-11-31(12-10-30)24-28-22(29-35-24)13-17-3-5-18(25)6-4-17/h3-6,14-16H,7-13H2,1-2H3,(H2,26,27,32). The molecular weight excluding hydrogens is 488 g/mol. The molecule has 4 rings (SSSR count). The molecule has 1 aliphatic heterocycles. The summed E-state index contributed by atoms with van der Waals surface area (Å²) in [5, 5.41) is 7.42. The van der Waals surface area contributed by atoms with Gasteiger partial charge in [-0.15, -0.1) is 0 Å². The number of piperazine rings is 1. The van der Waals surface area contributed by atoms with Gasteiger partial charge in [0.2, 0.25) is 5.13 Å². The third-order valence-electron chi connectivity index (χ3n) is 5.70. The van der Waals surface area contributed by atoms with Gasteiger partial charge in [0, 0.05) is 86.1 Å². The van der Waals surface area contributed by atoms with Gasteiger partial charge in [0.05, 0.1) is 14.2 Å². The number of aromatic nitrogens is 2. The van der Waals surface area contributed by atoms with Gasteiger partial charge in [0.15, 0.2) is 0 Å². The lowest BCUT2D eigenvalue weighted by atomic mass is 10.1. The largest absolute Gasteiger partial charge is 0.497 e. The summed E-state index contributed by atoms with van der Waals surface area (Å²) >= 11 is 7.41. The van der Waals surface area contributed by atoms with Crippen LogP contribution in [0.5, 0.6) is 11.5 Å². The van der Waals surface area contributed by atoms with Gasteiger partial charge in [-0.2, -0.15) is 4.37 Å². The minimum absolute atomic E-state index is 0.263. The average Bonchev–Trinajstić information content (AvgIpc) is 3.34. The van der Waals surface area contributed by atoms with Gasteiger partial charge in [-0.25, -0.2) is 9.78 Å². The molecule has 2 heterocycles. The Morgan fingerprint density at radius 2 is 1.74 bits per heavy atom. The Balaban J connectivity index is 1.18. The van der Waals surface area contributed by atoms with Crippen molar-refractivity contribution in [2.24, 2.45) is 0 Å². The molecule has 186 valence electrons. The van der Waals surface area contributed by atoms with Crippen molar-refractivity contribution in [3.63, 3.8) is 0 Å². The number of hydrogen-bond acceptors (Lipinski definition) is 8. The molecule has 0 saturated carbocycles. The van der Waals surface area contributed by atoms with Crippen molar-refractivity contribution in [3.05, 3.63) is 58.9 Å². The van der Waals surface area contributed by atoms with Gasteiger partial charge >= 0.3 is 6.03 Å². The number of anilines is 2. The predicted octanol–water partition coefficient (Wildman–Crippen LogP) is 3.74. The van der Waals surface area contributed by atoms with Crippen LogP contribution in [0.15, 0.2) is 42.5 Å². The minimum Gasteiger partial charge on any atom is -0.497 e. The molecule has 0 aliphatic carbocycles. The molecule has 0 unspecified atom stereocenters. The summed E-state index contributed by atoms with van der Waals surface area (Å²) in [6, 6.07) is 12.8. The van der Waals surface area contributed by atoms with Crippen LogP contribution in [0.1, 0.15) is 11.4 Å². The summed E-state index contributed by atoms with van der Waals surface area (Å²) in [4.78, 5) is 21.6. The van der Waals surface area contributed by atoms with Crippen molar-refractivity contribution in [3.8, 4) is 11.5 Å². The van der Waals surface area contributed by atoms with Crippen molar-refractivity contribution >= 4 is 40.0 Å². The van der Waals surface area contributed by atoms with Crippen molar-refractivity contribution in [1.29, 1.82) is 0 Å². The fourth-order valence-corrected chi connectivity index (χ4v) is 4.64. The molecule has 1 aromatic heterocycles. The van der Waals surface area contributed by atoms with Gasteiger partial charge < -0.3 is 25.0 Å². The van der Waals surface area contributed by atoms with E-state index in [0.717, 1.165) is 54.3 Å².